The number of rotatable bonds is 1. The lowest BCUT2D eigenvalue weighted by molar-refractivity contribution is 1.57. The third-order valence-electron chi connectivity index (χ3n) is 1.78. The number of thioether (sulfide) groups is 1. The average molecular weight is 249 g/mol. The van der Waals surface area contributed by atoms with E-state index in [2.05, 4.69) is 0 Å². The number of halogens is 2. The lowest BCUT2D eigenvalue weighted by Gasteiger charge is -2.00. The summed E-state index contributed by atoms with van der Waals surface area (Å²) in [7, 11) is 0. The zero-order chi connectivity index (χ0) is 9.42. The fourth-order valence-corrected chi connectivity index (χ4v) is 3.50. The van der Waals surface area contributed by atoms with E-state index in [1.807, 2.05) is 24.5 Å². The van der Waals surface area contributed by atoms with Crippen LogP contribution in [0.2, 0.25) is 9.36 Å². The second-order valence-electron chi connectivity index (χ2n) is 2.54. The number of benzene rings is 1. The van der Waals surface area contributed by atoms with Gasteiger partial charge < -0.3 is 0 Å². The molecule has 13 heavy (non-hydrogen) atoms. The Morgan fingerprint density at radius 2 is 2.08 bits per heavy atom. The molecule has 0 nitrogen and oxygen atoms in total. The van der Waals surface area contributed by atoms with Gasteiger partial charge in [0.15, 0.2) is 0 Å². The predicted octanol–water partition coefficient (Wildman–Crippen LogP) is 4.93. The van der Waals surface area contributed by atoms with Crippen molar-refractivity contribution in [1.29, 1.82) is 0 Å². The Labute approximate surface area is 94.8 Å². The highest BCUT2D eigenvalue weighted by atomic mass is 35.5. The summed E-state index contributed by atoms with van der Waals surface area (Å²) in [5.74, 6) is 0. The lowest BCUT2D eigenvalue weighted by atomic mass is 10.3. The molecule has 0 saturated heterocycles. The van der Waals surface area contributed by atoms with Gasteiger partial charge in [-0.05, 0) is 24.5 Å². The van der Waals surface area contributed by atoms with Gasteiger partial charge in [0.1, 0.15) is 0 Å². The monoisotopic (exact) mass is 248 g/mol. The van der Waals surface area contributed by atoms with Crippen molar-refractivity contribution in [2.24, 2.45) is 0 Å². The summed E-state index contributed by atoms with van der Waals surface area (Å²) in [4.78, 5) is 1.11. The molecule has 0 unspecified atom stereocenters. The van der Waals surface area contributed by atoms with E-state index in [1.165, 1.54) is 4.70 Å². The lowest BCUT2D eigenvalue weighted by Crippen LogP contribution is -1.73. The number of hydrogen-bond donors (Lipinski definition) is 0. The van der Waals surface area contributed by atoms with Crippen LogP contribution < -0.4 is 0 Å². The average Bonchev–Trinajstić information content (AvgIpc) is 2.45. The minimum absolute atomic E-state index is 0.800. The van der Waals surface area contributed by atoms with Crippen LogP contribution in [0.4, 0.5) is 0 Å². The highest BCUT2D eigenvalue weighted by Gasteiger charge is 2.07. The molecule has 68 valence electrons. The van der Waals surface area contributed by atoms with Crippen LogP contribution in [0.15, 0.2) is 23.1 Å². The fraction of sp³-hybridized carbons (Fsp3) is 0.111. The van der Waals surface area contributed by atoms with Crippen LogP contribution in [0, 0.1) is 0 Å². The molecular weight excluding hydrogens is 243 g/mol. The molecule has 0 aliphatic rings. The summed E-state index contributed by atoms with van der Waals surface area (Å²) in [5.41, 5.74) is 0. The van der Waals surface area contributed by atoms with Crippen LogP contribution in [0.5, 0.6) is 0 Å². The fourth-order valence-electron chi connectivity index (χ4n) is 1.24. The third-order valence-corrected chi connectivity index (χ3v) is 4.28. The van der Waals surface area contributed by atoms with E-state index >= 15 is 0 Å². The van der Waals surface area contributed by atoms with Gasteiger partial charge in [-0.15, -0.1) is 23.1 Å². The van der Waals surface area contributed by atoms with Crippen molar-refractivity contribution in [1.82, 2.24) is 0 Å². The van der Waals surface area contributed by atoms with Gasteiger partial charge in [-0.25, -0.2) is 0 Å². The zero-order valence-corrected chi connectivity index (χ0v) is 9.95. The first-order chi connectivity index (χ1) is 6.22. The first kappa shape index (κ1) is 9.66. The van der Waals surface area contributed by atoms with Gasteiger partial charge in [-0.1, -0.05) is 23.2 Å². The molecule has 2 rings (SSSR count). The highest BCUT2D eigenvalue weighted by molar-refractivity contribution is 7.99. The molecule has 1 aromatic carbocycles. The molecule has 4 heteroatoms. The number of thiophene rings is 1. The second-order valence-corrected chi connectivity index (χ2v) is 5.48. The SMILES string of the molecule is CSc1c(Cl)ccc2sc(Cl)cc12. The summed E-state index contributed by atoms with van der Waals surface area (Å²) in [6.07, 6.45) is 2.02. The van der Waals surface area contributed by atoms with E-state index in [1.54, 1.807) is 23.1 Å². The molecule has 0 saturated carbocycles. The number of hydrogen-bond acceptors (Lipinski definition) is 2. The summed E-state index contributed by atoms with van der Waals surface area (Å²) in [5, 5.41) is 1.96. The van der Waals surface area contributed by atoms with Crippen molar-refractivity contribution in [3.05, 3.63) is 27.6 Å². The Bertz CT molecular complexity index is 448. The molecule has 0 aliphatic heterocycles. The minimum atomic E-state index is 0.800. The van der Waals surface area contributed by atoms with Crippen molar-refractivity contribution in [2.75, 3.05) is 6.26 Å². The maximum absolute atomic E-state index is 6.05. The van der Waals surface area contributed by atoms with Gasteiger partial charge in [-0.2, -0.15) is 0 Å². The first-order valence-corrected chi connectivity index (χ1v) is 6.43. The van der Waals surface area contributed by atoms with E-state index in [-0.39, 0.29) is 0 Å². The molecule has 0 N–H and O–H groups in total. The van der Waals surface area contributed by atoms with Crippen LogP contribution in [-0.2, 0) is 0 Å². The molecule has 0 bridgehead atoms. The Balaban J connectivity index is 2.82. The normalized spacial score (nSPS) is 11.0. The van der Waals surface area contributed by atoms with E-state index in [0.29, 0.717) is 0 Å². The second kappa shape index (κ2) is 3.70. The Morgan fingerprint density at radius 1 is 1.31 bits per heavy atom. The Morgan fingerprint density at radius 3 is 2.77 bits per heavy atom. The largest absolute Gasteiger partial charge is 0.127 e. The van der Waals surface area contributed by atoms with E-state index < -0.39 is 0 Å². The van der Waals surface area contributed by atoms with E-state index in [9.17, 15) is 0 Å². The molecule has 0 amide bonds. The van der Waals surface area contributed by atoms with Crippen molar-refractivity contribution in [3.63, 3.8) is 0 Å². The maximum atomic E-state index is 6.05. The van der Waals surface area contributed by atoms with Gasteiger partial charge in [0, 0.05) is 15.0 Å². The molecule has 0 spiro atoms. The standard InChI is InChI=1S/C9H6Cl2S2/c1-12-9-5-4-8(11)13-7(5)3-2-6(9)10/h2-4H,1H3. The molecule has 0 atom stereocenters. The first-order valence-electron chi connectivity index (χ1n) is 3.64. The predicted molar refractivity (Wildman–Crippen MR) is 63.6 cm³/mol. The van der Waals surface area contributed by atoms with E-state index in [0.717, 1.165) is 19.6 Å². The van der Waals surface area contributed by atoms with Crippen molar-refractivity contribution in [2.45, 2.75) is 4.90 Å². The smallest absolute Gasteiger partial charge is 0.0941 e. The molecule has 1 aromatic heterocycles. The van der Waals surface area contributed by atoms with Gasteiger partial charge in [0.25, 0.3) is 0 Å². The summed E-state index contributed by atoms with van der Waals surface area (Å²) < 4.78 is 2.01. The Hall–Kier alpha value is 0.110. The molecule has 0 aliphatic carbocycles. The van der Waals surface area contributed by atoms with Crippen LogP contribution in [-0.4, -0.2) is 6.26 Å². The van der Waals surface area contributed by atoms with Gasteiger partial charge in [-0.3, -0.25) is 0 Å². The van der Waals surface area contributed by atoms with Crippen LogP contribution in [0.1, 0.15) is 0 Å². The third kappa shape index (κ3) is 1.68. The summed E-state index contributed by atoms with van der Waals surface area (Å²) in [6.45, 7) is 0. The maximum Gasteiger partial charge on any atom is 0.0941 e. The molecule has 0 fully saturated rings. The molecule has 2 aromatic rings. The van der Waals surface area contributed by atoms with Crippen LogP contribution in [0.25, 0.3) is 10.1 Å². The van der Waals surface area contributed by atoms with Gasteiger partial charge in [0.05, 0.1) is 9.36 Å². The van der Waals surface area contributed by atoms with E-state index in [4.69, 9.17) is 23.2 Å². The summed E-state index contributed by atoms with van der Waals surface area (Å²) in [6, 6.07) is 5.90. The van der Waals surface area contributed by atoms with Crippen molar-refractivity contribution in [3.8, 4) is 0 Å². The Kier molecular flexibility index (Phi) is 2.75. The van der Waals surface area contributed by atoms with Crippen molar-refractivity contribution >= 4 is 56.4 Å². The number of fused-ring (bicyclic) bond motifs is 1. The van der Waals surface area contributed by atoms with Gasteiger partial charge >= 0.3 is 0 Å². The van der Waals surface area contributed by atoms with Crippen LogP contribution in [0.3, 0.4) is 0 Å². The van der Waals surface area contributed by atoms with Gasteiger partial charge in [0.2, 0.25) is 0 Å². The quantitative estimate of drug-likeness (QED) is 0.646. The molecule has 0 radical (unpaired) electrons. The topological polar surface area (TPSA) is 0 Å². The highest BCUT2D eigenvalue weighted by Crippen LogP contribution is 2.38. The molecule has 1 heterocycles. The van der Waals surface area contributed by atoms with Crippen LogP contribution >= 0.6 is 46.3 Å². The van der Waals surface area contributed by atoms with Crippen molar-refractivity contribution < 1.29 is 0 Å². The summed E-state index contributed by atoms with van der Waals surface area (Å²) >= 11 is 15.2. The zero-order valence-electron chi connectivity index (χ0n) is 6.80. The minimum Gasteiger partial charge on any atom is -0.127 e. The molecular formula is C9H6Cl2S2.